The first kappa shape index (κ1) is 12.1. The molecule has 3 rings (SSSR count). The lowest BCUT2D eigenvalue weighted by atomic mass is 10.2. The summed E-state index contributed by atoms with van der Waals surface area (Å²) in [6.07, 6.45) is 0. The number of aryl methyl sites for hydroxylation is 1. The van der Waals surface area contributed by atoms with Gasteiger partial charge in [0, 0.05) is 0 Å². The Morgan fingerprint density at radius 3 is 2.80 bits per heavy atom. The van der Waals surface area contributed by atoms with Crippen molar-refractivity contribution in [2.24, 2.45) is 0 Å². The maximum absolute atomic E-state index is 9.17. The summed E-state index contributed by atoms with van der Waals surface area (Å²) in [5, 5.41) is 9.92. The second-order valence-electron chi connectivity index (χ2n) is 4.51. The fourth-order valence-corrected chi connectivity index (χ4v) is 2.04. The number of para-hydroxylation sites is 1. The average molecular weight is 264 g/mol. The Kier molecular flexibility index (Phi) is 2.81. The maximum Gasteiger partial charge on any atom is 0.247 e. The molecule has 3 aromatic rings. The van der Waals surface area contributed by atoms with Crippen molar-refractivity contribution >= 4 is 16.7 Å². The van der Waals surface area contributed by atoms with Crippen LogP contribution in [0.3, 0.4) is 0 Å². The molecular weight excluding hydrogens is 252 g/mol. The summed E-state index contributed by atoms with van der Waals surface area (Å²) in [6.45, 7) is 1.95. The van der Waals surface area contributed by atoms with Crippen molar-refractivity contribution in [3.8, 4) is 17.6 Å². The summed E-state index contributed by atoms with van der Waals surface area (Å²) in [6, 6.07) is 14.9. The van der Waals surface area contributed by atoms with Crippen LogP contribution < -0.4 is 10.5 Å². The highest BCUT2D eigenvalue weighted by atomic mass is 16.5. The van der Waals surface area contributed by atoms with Crippen LogP contribution in [0.4, 0.5) is 5.69 Å². The van der Waals surface area contributed by atoms with Gasteiger partial charge in [0.2, 0.25) is 5.76 Å². The minimum Gasteiger partial charge on any atom is -0.450 e. The van der Waals surface area contributed by atoms with Crippen molar-refractivity contribution in [2.75, 3.05) is 5.73 Å². The van der Waals surface area contributed by atoms with Crippen molar-refractivity contribution in [1.29, 1.82) is 5.26 Å². The van der Waals surface area contributed by atoms with Gasteiger partial charge in [0.05, 0.1) is 11.1 Å². The number of nitrogen functional groups attached to an aromatic ring is 1. The zero-order chi connectivity index (χ0) is 14.1. The lowest BCUT2D eigenvalue weighted by Crippen LogP contribution is -1.93. The number of anilines is 1. The Labute approximate surface area is 116 Å². The fourth-order valence-electron chi connectivity index (χ4n) is 2.04. The molecule has 1 heterocycles. The van der Waals surface area contributed by atoms with Gasteiger partial charge in [-0.15, -0.1) is 0 Å². The molecule has 0 unspecified atom stereocenters. The number of ether oxygens (including phenoxy) is 1. The van der Waals surface area contributed by atoms with Crippen LogP contribution in [0, 0.1) is 18.3 Å². The molecule has 4 heteroatoms. The zero-order valence-electron chi connectivity index (χ0n) is 10.9. The quantitative estimate of drug-likeness (QED) is 0.710. The third-order valence-corrected chi connectivity index (χ3v) is 3.03. The molecule has 2 aromatic carbocycles. The summed E-state index contributed by atoms with van der Waals surface area (Å²) in [7, 11) is 0. The van der Waals surface area contributed by atoms with E-state index in [2.05, 4.69) is 0 Å². The highest BCUT2D eigenvalue weighted by molar-refractivity contribution is 5.87. The molecule has 0 saturated heterocycles. The van der Waals surface area contributed by atoms with Gasteiger partial charge < -0.3 is 14.9 Å². The highest BCUT2D eigenvalue weighted by Gasteiger charge is 2.16. The smallest absolute Gasteiger partial charge is 0.247 e. The molecule has 0 bridgehead atoms. The van der Waals surface area contributed by atoms with Gasteiger partial charge in [0.1, 0.15) is 11.7 Å². The summed E-state index contributed by atoms with van der Waals surface area (Å²) < 4.78 is 11.3. The Bertz CT molecular complexity index is 828. The van der Waals surface area contributed by atoms with Crippen molar-refractivity contribution in [2.45, 2.75) is 6.92 Å². The predicted octanol–water partition coefficient (Wildman–Crippen LogP) is 3.99. The SMILES string of the molecule is Cc1ccc(N)c(Oc2c(C#N)oc3ccccc23)c1. The van der Waals surface area contributed by atoms with Gasteiger partial charge in [0.15, 0.2) is 11.5 Å². The first-order valence-electron chi connectivity index (χ1n) is 6.14. The topological polar surface area (TPSA) is 72.2 Å². The summed E-state index contributed by atoms with van der Waals surface area (Å²) in [5.74, 6) is 1.07. The van der Waals surface area contributed by atoms with E-state index in [1.54, 1.807) is 12.1 Å². The predicted molar refractivity (Wildman–Crippen MR) is 76.6 cm³/mol. The number of hydrogen-bond donors (Lipinski definition) is 1. The van der Waals surface area contributed by atoms with Gasteiger partial charge in [-0.3, -0.25) is 0 Å². The standard InChI is InChI=1S/C16H12N2O2/c1-10-6-7-12(18)14(8-10)20-16-11-4-2-3-5-13(11)19-15(16)9-17/h2-8H,18H2,1H3. The molecule has 0 spiro atoms. The van der Waals surface area contributed by atoms with E-state index in [-0.39, 0.29) is 5.76 Å². The number of nitrogens with zero attached hydrogens (tertiary/aromatic N) is 1. The van der Waals surface area contributed by atoms with Gasteiger partial charge in [-0.25, -0.2) is 0 Å². The van der Waals surface area contributed by atoms with E-state index in [9.17, 15) is 0 Å². The van der Waals surface area contributed by atoms with Crippen LogP contribution in [-0.4, -0.2) is 0 Å². The average Bonchev–Trinajstić information content (AvgIpc) is 2.81. The van der Waals surface area contributed by atoms with Gasteiger partial charge in [0.25, 0.3) is 0 Å². The van der Waals surface area contributed by atoms with E-state index in [1.807, 2.05) is 43.3 Å². The molecule has 0 saturated carbocycles. The van der Waals surface area contributed by atoms with Gasteiger partial charge in [-0.05, 0) is 36.8 Å². The van der Waals surface area contributed by atoms with Crippen LogP contribution in [0.2, 0.25) is 0 Å². The summed E-state index contributed by atoms with van der Waals surface area (Å²) in [4.78, 5) is 0. The molecule has 0 aliphatic rings. The second-order valence-corrected chi connectivity index (χ2v) is 4.51. The van der Waals surface area contributed by atoms with E-state index in [4.69, 9.17) is 20.1 Å². The number of fused-ring (bicyclic) bond motifs is 1. The molecule has 0 radical (unpaired) electrons. The molecule has 0 atom stereocenters. The lowest BCUT2D eigenvalue weighted by Gasteiger charge is -2.08. The number of nitrogens with two attached hydrogens (primary N) is 1. The van der Waals surface area contributed by atoms with Gasteiger partial charge >= 0.3 is 0 Å². The Hall–Kier alpha value is -2.93. The molecule has 0 aliphatic carbocycles. The third-order valence-electron chi connectivity index (χ3n) is 3.03. The van der Waals surface area contributed by atoms with Crippen LogP contribution in [0.15, 0.2) is 46.9 Å². The van der Waals surface area contributed by atoms with E-state index in [1.165, 1.54) is 0 Å². The van der Waals surface area contributed by atoms with Crippen molar-refractivity contribution in [3.05, 3.63) is 53.8 Å². The van der Waals surface area contributed by atoms with Gasteiger partial charge in [-0.2, -0.15) is 5.26 Å². The minimum atomic E-state index is 0.145. The number of benzene rings is 2. The summed E-state index contributed by atoms with van der Waals surface area (Å²) >= 11 is 0. The lowest BCUT2D eigenvalue weighted by molar-refractivity contribution is 0.469. The highest BCUT2D eigenvalue weighted by Crippen LogP contribution is 2.37. The molecule has 98 valence electrons. The van der Waals surface area contributed by atoms with Crippen LogP contribution >= 0.6 is 0 Å². The molecule has 0 fully saturated rings. The molecule has 0 amide bonds. The molecule has 2 N–H and O–H groups in total. The van der Waals surface area contributed by atoms with Crippen LogP contribution in [0.1, 0.15) is 11.3 Å². The summed E-state index contributed by atoms with van der Waals surface area (Å²) in [5.41, 5.74) is 8.07. The monoisotopic (exact) mass is 264 g/mol. The normalized spacial score (nSPS) is 10.4. The molecule has 4 nitrogen and oxygen atoms in total. The number of furan rings is 1. The zero-order valence-corrected chi connectivity index (χ0v) is 10.9. The first-order valence-corrected chi connectivity index (χ1v) is 6.14. The molecule has 1 aromatic heterocycles. The molecule has 0 aliphatic heterocycles. The Morgan fingerprint density at radius 2 is 2.00 bits per heavy atom. The van der Waals surface area contributed by atoms with Crippen LogP contribution in [-0.2, 0) is 0 Å². The molecule has 20 heavy (non-hydrogen) atoms. The maximum atomic E-state index is 9.17. The van der Waals surface area contributed by atoms with E-state index in [0.29, 0.717) is 22.8 Å². The first-order chi connectivity index (χ1) is 9.69. The van der Waals surface area contributed by atoms with Gasteiger partial charge in [-0.1, -0.05) is 18.2 Å². The van der Waals surface area contributed by atoms with Crippen LogP contribution in [0.25, 0.3) is 11.0 Å². The van der Waals surface area contributed by atoms with E-state index in [0.717, 1.165) is 10.9 Å². The Morgan fingerprint density at radius 1 is 1.20 bits per heavy atom. The van der Waals surface area contributed by atoms with Crippen molar-refractivity contribution in [1.82, 2.24) is 0 Å². The minimum absolute atomic E-state index is 0.145. The largest absolute Gasteiger partial charge is 0.450 e. The van der Waals surface area contributed by atoms with E-state index < -0.39 is 0 Å². The second kappa shape index (κ2) is 4.63. The number of hydrogen-bond acceptors (Lipinski definition) is 4. The molecular formula is C16H12N2O2. The van der Waals surface area contributed by atoms with Crippen molar-refractivity contribution < 1.29 is 9.15 Å². The number of rotatable bonds is 2. The third kappa shape index (κ3) is 1.95. The van der Waals surface area contributed by atoms with Crippen LogP contribution in [0.5, 0.6) is 11.5 Å². The number of nitriles is 1. The Balaban J connectivity index is 2.15. The van der Waals surface area contributed by atoms with Crippen molar-refractivity contribution in [3.63, 3.8) is 0 Å². The van der Waals surface area contributed by atoms with E-state index >= 15 is 0 Å². The fraction of sp³-hybridized carbons (Fsp3) is 0.0625.